The second-order valence-corrected chi connectivity index (χ2v) is 6.66. The molecule has 128 valence electrons. The molecule has 0 amide bonds. The van der Waals surface area contributed by atoms with Crippen LogP contribution in [0.15, 0.2) is 72.8 Å². The fourth-order valence-electron chi connectivity index (χ4n) is 3.85. The van der Waals surface area contributed by atoms with Gasteiger partial charge in [0.2, 0.25) is 0 Å². The Morgan fingerprint density at radius 3 is 2.58 bits per heavy atom. The van der Waals surface area contributed by atoms with Crippen LogP contribution in [0.2, 0.25) is 0 Å². The van der Waals surface area contributed by atoms with E-state index in [0.29, 0.717) is 12.4 Å². The molecule has 0 aliphatic carbocycles. The van der Waals surface area contributed by atoms with E-state index in [-0.39, 0.29) is 5.75 Å². The summed E-state index contributed by atoms with van der Waals surface area (Å²) in [4.78, 5) is 4.21. The minimum Gasteiger partial charge on any atom is -0.508 e. The van der Waals surface area contributed by atoms with E-state index in [4.69, 9.17) is 10.5 Å². The minimum atomic E-state index is -0.482. The molecule has 5 heteroatoms. The molecule has 0 radical (unpaired) electrons. The maximum absolute atomic E-state index is 10.0. The summed E-state index contributed by atoms with van der Waals surface area (Å²) >= 11 is 0. The van der Waals surface area contributed by atoms with Crippen molar-refractivity contribution in [2.75, 3.05) is 6.54 Å². The predicted molar refractivity (Wildman–Crippen MR) is 98.9 cm³/mol. The van der Waals surface area contributed by atoms with E-state index in [1.165, 1.54) is 0 Å². The van der Waals surface area contributed by atoms with Crippen LogP contribution < -0.4 is 15.8 Å². The van der Waals surface area contributed by atoms with Gasteiger partial charge in [0, 0.05) is 35.6 Å². The molecule has 0 bridgehead atoms. The monoisotopic (exact) mass is 343 g/mol. The number of fused-ring (bicyclic) bond motifs is 4. The molecule has 1 aromatic heterocycles. The molecular weight excluding hydrogens is 326 g/mol. The maximum Gasteiger partial charge on any atom is 0.132 e. The molecule has 0 saturated carbocycles. The summed E-state index contributed by atoms with van der Waals surface area (Å²) in [6.07, 6.45) is 5.62. The van der Waals surface area contributed by atoms with Crippen LogP contribution in [-0.4, -0.2) is 16.6 Å². The number of nitrogens with one attached hydrogen (secondary N) is 1. The average Bonchev–Trinajstić information content (AvgIpc) is 3.06. The highest BCUT2D eigenvalue weighted by Crippen LogP contribution is 2.51. The van der Waals surface area contributed by atoms with E-state index >= 15 is 0 Å². The van der Waals surface area contributed by atoms with Crippen molar-refractivity contribution in [2.24, 2.45) is 5.73 Å². The average molecular weight is 343 g/mol. The largest absolute Gasteiger partial charge is 0.508 e. The normalized spacial score (nSPS) is 19.9. The lowest BCUT2D eigenvalue weighted by molar-refractivity contribution is 0.417. The summed E-state index contributed by atoms with van der Waals surface area (Å²) in [7, 11) is 0. The van der Waals surface area contributed by atoms with Gasteiger partial charge >= 0.3 is 0 Å². The summed E-state index contributed by atoms with van der Waals surface area (Å²) in [6, 6.07) is 15.3. The van der Waals surface area contributed by atoms with Crippen molar-refractivity contribution < 1.29 is 9.84 Å². The lowest BCUT2D eigenvalue weighted by Crippen LogP contribution is -2.34. The maximum atomic E-state index is 10.0. The number of benzene rings is 2. The molecular formula is C21H17N3O2. The molecule has 3 aromatic rings. The van der Waals surface area contributed by atoms with Crippen molar-refractivity contribution in [2.45, 2.75) is 5.41 Å². The van der Waals surface area contributed by atoms with Crippen molar-refractivity contribution in [3.8, 4) is 28.4 Å². The van der Waals surface area contributed by atoms with Gasteiger partial charge in [-0.25, -0.2) is 0 Å². The summed E-state index contributed by atoms with van der Waals surface area (Å²) in [5.74, 6) is 2.36. The zero-order chi connectivity index (χ0) is 17.7. The molecule has 2 aliphatic heterocycles. The molecule has 4 N–H and O–H groups in total. The molecule has 0 fully saturated rings. The second kappa shape index (κ2) is 5.26. The summed E-state index contributed by atoms with van der Waals surface area (Å²) in [6.45, 7) is 0.613. The van der Waals surface area contributed by atoms with Crippen LogP contribution >= 0.6 is 0 Å². The number of nitrogens with two attached hydrogens (primary N) is 1. The molecule has 1 atom stereocenters. The Labute approximate surface area is 150 Å². The molecule has 0 saturated heterocycles. The zero-order valence-corrected chi connectivity index (χ0v) is 13.9. The lowest BCUT2D eigenvalue weighted by Gasteiger charge is -2.35. The van der Waals surface area contributed by atoms with E-state index in [9.17, 15) is 5.11 Å². The van der Waals surface area contributed by atoms with Gasteiger partial charge < -0.3 is 20.9 Å². The van der Waals surface area contributed by atoms with Gasteiger partial charge in [-0.05, 0) is 48.0 Å². The number of pyridine rings is 1. The van der Waals surface area contributed by atoms with Crippen molar-refractivity contribution in [1.29, 1.82) is 0 Å². The first-order valence-electron chi connectivity index (χ1n) is 8.44. The molecule has 26 heavy (non-hydrogen) atoms. The first-order chi connectivity index (χ1) is 12.7. The highest BCUT2D eigenvalue weighted by atomic mass is 16.5. The highest BCUT2D eigenvalue weighted by molar-refractivity contribution is 5.70. The van der Waals surface area contributed by atoms with Crippen molar-refractivity contribution in [3.05, 3.63) is 83.9 Å². The van der Waals surface area contributed by atoms with Crippen LogP contribution in [0.5, 0.6) is 17.2 Å². The molecule has 3 heterocycles. The highest BCUT2D eigenvalue weighted by Gasteiger charge is 2.44. The van der Waals surface area contributed by atoms with Crippen LogP contribution in [0.4, 0.5) is 0 Å². The molecule has 0 unspecified atom stereocenters. The first-order valence-corrected chi connectivity index (χ1v) is 8.44. The smallest absolute Gasteiger partial charge is 0.132 e. The molecule has 5 rings (SSSR count). The summed E-state index contributed by atoms with van der Waals surface area (Å²) in [5.41, 5.74) is 9.61. The Morgan fingerprint density at radius 2 is 1.85 bits per heavy atom. The quantitative estimate of drug-likeness (QED) is 0.632. The summed E-state index contributed by atoms with van der Waals surface area (Å²) in [5, 5.41) is 13.3. The van der Waals surface area contributed by atoms with Crippen molar-refractivity contribution in [1.82, 2.24) is 10.3 Å². The number of hydrogen-bond acceptors (Lipinski definition) is 5. The summed E-state index contributed by atoms with van der Waals surface area (Å²) < 4.78 is 6.12. The standard InChI is InChI=1S/C21H17N3O2/c22-20-10-21(12-24-20)16-8-13(14-2-1-7-23-11-14)3-5-18(16)26-19-6-4-15(25)9-17(19)21/h1-11,24-25H,12,22H2/t21-/m0/s1. The van der Waals surface area contributed by atoms with Crippen LogP contribution in [0.3, 0.4) is 0 Å². The van der Waals surface area contributed by atoms with Gasteiger partial charge in [0.05, 0.1) is 11.2 Å². The number of hydrogen-bond donors (Lipinski definition) is 3. The Balaban J connectivity index is 1.76. The predicted octanol–water partition coefficient (Wildman–Crippen LogP) is 3.25. The minimum absolute atomic E-state index is 0.206. The van der Waals surface area contributed by atoms with Gasteiger partial charge in [0.1, 0.15) is 17.2 Å². The fourth-order valence-corrected chi connectivity index (χ4v) is 3.85. The van der Waals surface area contributed by atoms with E-state index < -0.39 is 5.41 Å². The molecule has 1 spiro atoms. The molecule has 5 nitrogen and oxygen atoms in total. The number of rotatable bonds is 1. The van der Waals surface area contributed by atoms with E-state index in [1.54, 1.807) is 24.4 Å². The van der Waals surface area contributed by atoms with Crippen molar-refractivity contribution >= 4 is 0 Å². The lowest BCUT2D eigenvalue weighted by atomic mass is 9.72. The van der Waals surface area contributed by atoms with Gasteiger partial charge in [-0.1, -0.05) is 12.1 Å². The molecule has 2 aliphatic rings. The van der Waals surface area contributed by atoms with E-state index in [1.807, 2.05) is 36.5 Å². The SMILES string of the molecule is NC1=C[C@@]2(CN1)c1cc(O)ccc1Oc1ccc(-c3cccnc3)cc12. The van der Waals surface area contributed by atoms with Crippen molar-refractivity contribution in [3.63, 3.8) is 0 Å². The third-order valence-electron chi connectivity index (χ3n) is 5.09. The van der Waals surface area contributed by atoms with Gasteiger partial charge in [-0.15, -0.1) is 0 Å². The Bertz CT molecular complexity index is 1050. The van der Waals surface area contributed by atoms with Crippen LogP contribution in [-0.2, 0) is 5.41 Å². The third kappa shape index (κ3) is 2.07. The Kier molecular flexibility index (Phi) is 3.00. The number of nitrogens with zero attached hydrogens (tertiary/aromatic N) is 1. The topological polar surface area (TPSA) is 80.4 Å². The van der Waals surface area contributed by atoms with Gasteiger partial charge in [-0.3, -0.25) is 4.98 Å². The molecule has 2 aromatic carbocycles. The van der Waals surface area contributed by atoms with Crippen LogP contribution in [0.25, 0.3) is 11.1 Å². The number of aromatic nitrogens is 1. The third-order valence-corrected chi connectivity index (χ3v) is 5.09. The number of phenols is 1. The second-order valence-electron chi connectivity index (χ2n) is 6.66. The van der Waals surface area contributed by atoms with E-state index in [0.717, 1.165) is 33.8 Å². The number of phenolic OH excluding ortho intramolecular Hbond substituents is 1. The van der Waals surface area contributed by atoms with Crippen LogP contribution in [0, 0.1) is 0 Å². The zero-order valence-electron chi connectivity index (χ0n) is 13.9. The van der Waals surface area contributed by atoms with Crippen LogP contribution in [0.1, 0.15) is 11.1 Å². The van der Waals surface area contributed by atoms with E-state index in [2.05, 4.69) is 16.4 Å². The van der Waals surface area contributed by atoms with Gasteiger partial charge in [0.25, 0.3) is 0 Å². The number of aromatic hydroxyl groups is 1. The first kappa shape index (κ1) is 14.8. The Hall–Kier alpha value is -3.47. The van der Waals surface area contributed by atoms with Gasteiger partial charge in [-0.2, -0.15) is 0 Å². The van der Waals surface area contributed by atoms with Gasteiger partial charge in [0.15, 0.2) is 0 Å². The number of ether oxygens (including phenoxy) is 1. The Morgan fingerprint density at radius 1 is 1.04 bits per heavy atom. The fraction of sp³-hybridized carbons (Fsp3) is 0.0952.